The molecule has 0 aliphatic carbocycles. The van der Waals surface area contributed by atoms with Crippen LogP contribution in [0.1, 0.15) is 11.1 Å². The van der Waals surface area contributed by atoms with Crippen LogP contribution in [0.2, 0.25) is 10.0 Å². The van der Waals surface area contributed by atoms with Crippen LogP contribution in [-0.4, -0.2) is 14.9 Å². The number of hydrogen-bond acceptors (Lipinski definition) is 2. The van der Waals surface area contributed by atoms with E-state index in [-0.39, 0.29) is 12.4 Å². The lowest BCUT2D eigenvalue weighted by Crippen LogP contribution is -2.19. The Bertz CT molecular complexity index is 938. The molecule has 0 amide bonds. The van der Waals surface area contributed by atoms with Crippen LogP contribution in [0.3, 0.4) is 0 Å². The van der Waals surface area contributed by atoms with Crippen LogP contribution >= 0.6 is 35.4 Å². The summed E-state index contributed by atoms with van der Waals surface area (Å²) in [5.74, 6) is 0.170. The van der Waals surface area contributed by atoms with Crippen LogP contribution in [0.5, 0.6) is 0 Å². The van der Waals surface area contributed by atoms with Crippen LogP contribution in [0.15, 0.2) is 48.7 Å². The third-order valence-corrected chi connectivity index (χ3v) is 4.66. The van der Waals surface area contributed by atoms with E-state index in [0.717, 1.165) is 11.3 Å². The Labute approximate surface area is 165 Å². The van der Waals surface area contributed by atoms with Gasteiger partial charge in [0.15, 0.2) is 10.9 Å². The topological polar surface area (TPSA) is 41.9 Å². The lowest BCUT2D eigenvalue weighted by Gasteiger charge is -2.10. The minimum Gasteiger partial charge on any atom is -0.332 e. The molecule has 3 aromatic rings. The Morgan fingerprint density at radius 1 is 1.15 bits per heavy atom. The molecule has 134 valence electrons. The van der Waals surface area contributed by atoms with Gasteiger partial charge < -0.3 is 10.6 Å². The molecule has 0 bridgehead atoms. The quantitative estimate of drug-likeness (QED) is 0.559. The molecule has 4 nitrogen and oxygen atoms in total. The zero-order chi connectivity index (χ0) is 18.7. The number of aromatic nitrogens is 2. The molecule has 0 spiro atoms. The van der Waals surface area contributed by atoms with Crippen molar-refractivity contribution >= 4 is 52.0 Å². The summed E-state index contributed by atoms with van der Waals surface area (Å²) in [6, 6.07) is 11.9. The van der Waals surface area contributed by atoms with E-state index in [4.69, 9.17) is 35.4 Å². The minimum absolute atomic E-state index is 0.223. The molecule has 0 atom stereocenters. The second kappa shape index (κ2) is 8.03. The van der Waals surface area contributed by atoms with Crippen molar-refractivity contribution in [3.63, 3.8) is 0 Å². The molecular weight excluding hydrogens is 394 g/mol. The Hall–Kier alpha value is -2.15. The molecule has 0 unspecified atom stereocenters. The van der Waals surface area contributed by atoms with E-state index in [9.17, 15) is 4.39 Å². The summed E-state index contributed by atoms with van der Waals surface area (Å²) >= 11 is 17.4. The van der Waals surface area contributed by atoms with Crippen LogP contribution in [-0.2, 0) is 6.54 Å². The standard InChI is InChI=1S/C18H15Cl2FN4S/c1-11-5-6-12(9-15(11)20)22-18(26)23-17-7-8-25(24-17)10-13-14(19)3-2-4-16(13)21/h2-9H,10H2,1H3,(H2,22,23,24,26). The van der Waals surface area contributed by atoms with Crippen LogP contribution in [0.4, 0.5) is 15.9 Å². The van der Waals surface area contributed by atoms with Crippen molar-refractivity contribution in [1.82, 2.24) is 9.78 Å². The van der Waals surface area contributed by atoms with Gasteiger partial charge in [0.25, 0.3) is 0 Å². The van der Waals surface area contributed by atoms with E-state index in [2.05, 4.69) is 15.7 Å². The van der Waals surface area contributed by atoms with Crippen molar-refractivity contribution in [2.75, 3.05) is 10.6 Å². The van der Waals surface area contributed by atoms with E-state index in [0.29, 0.717) is 26.5 Å². The van der Waals surface area contributed by atoms with Gasteiger partial charge in [0.2, 0.25) is 0 Å². The fourth-order valence-corrected chi connectivity index (χ4v) is 2.94. The predicted molar refractivity (Wildman–Crippen MR) is 109 cm³/mol. The molecular formula is C18H15Cl2FN4S. The SMILES string of the molecule is Cc1ccc(NC(=S)Nc2ccn(Cc3c(F)cccc3Cl)n2)cc1Cl. The zero-order valence-electron chi connectivity index (χ0n) is 13.8. The fourth-order valence-electron chi connectivity index (χ4n) is 2.31. The van der Waals surface area contributed by atoms with Crippen molar-refractivity contribution in [3.8, 4) is 0 Å². The number of nitrogens with one attached hydrogen (secondary N) is 2. The van der Waals surface area contributed by atoms with Gasteiger partial charge in [-0.05, 0) is 49.0 Å². The molecule has 2 aromatic carbocycles. The molecule has 26 heavy (non-hydrogen) atoms. The summed E-state index contributed by atoms with van der Waals surface area (Å²) in [6.07, 6.45) is 1.72. The molecule has 0 radical (unpaired) electrons. The molecule has 1 aromatic heterocycles. The van der Waals surface area contributed by atoms with Gasteiger partial charge in [-0.15, -0.1) is 0 Å². The maximum Gasteiger partial charge on any atom is 0.176 e. The maximum absolute atomic E-state index is 13.9. The van der Waals surface area contributed by atoms with Crippen LogP contribution in [0.25, 0.3) is 0 Å². The van der Waals surface area contributed by atoms with E-state index in [1.807, 2.05) is 19.1 Å². The van der Waals surface area contributed by atoms with Gasteiger partial charge in [-0.2, -0.15) is 5.10 Å². The van der Waals surface area contributed by atoms with Gasteiger partial charge in [-0.1, -0.05) is 35.3 Å². The Kier molecular flexibility index (Phi) is 5.76. The molecule has 1 heterocycles. The number of hydrogen-bond donors (Lipinski definition) is 2. The van der Waals surface area contributed by atoms with E-state index >= 15 is 0 Å². The number of halogens is 3. The highest BCUT2D eigenvalue weighted by Gasteiger charge is 2.09. The molecule has 0 saturated heterocycles. The average Bonchev–Trinajstić information content (AvgIpc) is 3.01. The summed E-state index contributed by atoms with van der Waals surface area (Å²) < 4.78 is 15.5. The summed E-state index contributed by atoms with van der Waals surface area (Å²) in [5.41, 5.74) is 2.15. The normalized spacial score (nSPS) is 10.6. The van der Waals surface area contributed by atoms with E-state index in [1.54, 1.807) is 35.1 Å². The molecule has 2 N–H and O–H groups in total. The fraction of sp³-hybridized carbons (Fsp3) is 0.111. The van der Waals surface area contributed by atoms with Crippen molar-refractivity contribution in [3.05, 3.63) is 75.7 Å². The molecule has 0 fully saturated rings. The number of rotatable bonds is 4. The number of benzene rings is 2. The first-order valence-corrected chi connectivity index (χ1v) is 8.89. The number of aryl methyl sites for hydroxylation is 1. The van der Waals surface area contributed by atoms with Gasteiger partial charge in [0, 0.05) is 33.6 Å². The number of nitrogens with zero attached hydrogens (tertiary/aromatic N) is 2. The summed E-state index contributed by atoms with van der Waals surface area (Å²) in [4.78, 5) is 0. The van der Waals surface area contributed by atoms with E-state index < -0.39 is 0 Å². The van der Waals surface area contributed by atoms with Crippen molar-refractivity contribution < 1.29 is 4.39 Å². The van der Waals surface area contributed by atoms with Crippen molar-refractivity contribution in [2.45, 2.75) is 13.5 Å². The predicted octanol–water partition coefficient (Wildman–Crippen LogP) is 5.49. The van der Waals surface area contributed by atoms with Gasteiger partial charge in [-0.3, -0.25) is 4.68 Å². The summed E-state index contributed by atoms with van der Waals surface area (Å²) in [6.45, 7) is 2.15. The van der Waals surface area contributed by atoms with Crippen LogP contribution in [0, 0.1) is 12.7 Å². The van der Waals surface area contributed by atoms with Crippen molar-refractivity contribution in [1.29, 1.82) is 0 Å². The average molecular weight is 409 g/mol. The highest BCUT2D eigenvalue weighted by Crippen LogP contribution is 2.21. The second-order valence-corrected chi connectivity index (χ2v) is 6.86. The third-order valence-electron chi connectivity index (χ3n) is 3.69. The van der Waals surface area contributed by atoms with Gasteiger partial charge in [0.1, 0.15) is 5.82 Å². The molecule has 8 heteroatoms. The first-order valence-electron chi connectivity index (χ1n) is 7.73. The first-order chi connectivity index (χ1) is 12.4. The van der Waals surface area contributed by atoms with Crippen molar-refractivity contribution in [2.24, 2.45) is 0 Å². The van der Waals surface area contributed by atoms with E-state index in [1.165, 1.54) is 6.07 Å². The summed E-state index contributed by atoms with van der Waals surface area (Å²) in [5, 5.41) is 11.7. The number of anilines is 2. The monoisotopic (exact) mass is 408 g/mol. The molecule has 0 saturated carbocycles. The third kappa shape index (κ3) is 4.52. The van der Waals surface area contributed by atoms with Gasteiger partial charge >= 0.3 is 0 Å². The Balaban J connectivity index is 1.64. The smallest absolute Gasteiger partial charge is 0.176 e. The molecule has 0 aliphatic rings. The first kappa shape index (κ1) is 18.6. The highest BCUT2D eigenvalue weighted by atomic mass is 35.5. The Morgan fingerprint density at radius 3 is 2.69 bits per heavy atom. The lowest BCUT2D eigenvalue weighted by atomic mass is 10.2. The highest BCUT2D eigenvalue weighted by molar-refractivity contribution is 7.80. The molecule has 3 rings (SSSR count). The number of thiocarbonyl (C=S) groups is 1. The maximum atomic E-state index is 13.9. The largest absolute Gasteiger partial charge is 0.332 e. The molecule has 0 aliphatic heterocycles. The van der Waals surface area contributed by atoms with Gasteiger partial charge in [-0.25, -0.2) is 4.39 Å². The second-order valence-electron chi connectivity index (χ2n) is 5.64. The summed E-state index contributed by atoms with van der Waals surface area (Å²) in [7, 11) is 0. The van der Waals surface area contributed by atoms with Gasteiger partial charge in [0.05, 0.1) is 6.54 Å². The zero-order valence-corrected chi connectivity index (χ0v) is 16.1. The Morgan fingerprint density at radius 2 is 1.96 bits per heavy atom. The van der Waals surface area contributed by atoms with Crippen LogP contribution < -0.4 is 10.6 Å². The lowest BCUT2D eigenvalue weighted by molar-refractivity contribution is 0.586. The minimum atomic E-state index is -0.365.